The molecule has 0 spiro atoms. The fourth-order valence-corrected chi connectivity index (χ4v) is 4.78. The molecule has 0 atom stereocenters. The third kappa shape index (κ3) is 4.97. The number of sulfonamides is 1. The topological polar surface area (TPSA) is 87.7 Å². The molecule has 0 radical (unpaired) electrons. The summed E-state index contributed by atoms with van der Waals surface area (Å²) in [4.78, 5) is 12.1. The lowest BCUT2D eigenvalue weighted by molar-refractivity contribution is -0.115. The lowest BCUT2D eigenvalue weighted by Gasteiger charge is -2.20. The number of halogens is 4. The Hall–Kier alpha value is -3.64. The Morgan fingerprint density at radius 1 is 1.06 bits per heavy atom. The summed E-state index contributed by atoms with van der Waals surface area (Å²) in [6, 6.07) is 12.4. The van der Waals surface area contributed by atoms with Crippen LogP contribution < -0.4 is 19.9 Å². The van der Waals surface area contributed by atoms with Crippen LogP contribution in [0.2, 0.25) is 0 Å². The second-order valence-corrected chi connectivity index (χ2v) is 9.06. The van der Waals surface area contributed by atoms with E-state index in [4.69, 9.17) is 0 Å². The average molecular weight is 495 g/mol. The zero-order valence-electron chi connectivity index (χ0n) is 17.3. The van der Waals surface area contributed by atoms with Crippen LogP contribution in [0.5, 0.6) is 5.75 Å². The van der Waals surface area contributed by atoms with Gasteiger partial charge in [-0.05, 0) is 47.5 Å². The van der Waals surface area contributed by atoms with Gasteiger partial charge in [-0.2, -0.15) is 21.6 Å². The molecule has 0 aliphatic carbocycles. The van der Waals surface area contributed by atoms with Gasteiger partial charge in [0.2, 0.25) is 5.91 Å². The van der Waals surface area contributed by atoms with E-state index in [0.717, 1.165) is 22.6 Å². The van der Waals surface area contributed by atoms with Crippen molar-refractivity contribution >= 4 is 27.3 Å². The second-order valence-electron chi connectivity index (χ2n) is 7.27. The molecule has 34 heavy (non-hydrogen) atoms. The molecular formula is C22H17F4N3O4S. The molecule has 3 aromatic carbocycles. The maximum atomic E-state index is 13.4. The van der Waals surface area contributed by atoms with Crippen LogP contribution in [0.1, 0.15) is 11.1 Å². The first kappa shape index (κ1) is 23.5. The lowest BCUT2D eigenvalue weighted by Crippen LogP contribution is -2.38. The van der Waals surface area contributed by atoms with Crippen molar-refractivity contribution in [1.82, 2.24) is 5.43 Å². The molecule has 0 fully saturated rings. The van der Waals surface area contributed by atoms with E-state index in [1.54, 1.807) is 12.1 Å². The summed E-state index contributed by atoms with van der Waals surface area (Å²) in [5, 5.41) is 2.59. The largest absolute Gasteiger partial charge is 0.435 e. The van der Waals surface area contributed by atoms with Gasteiger partial charge in [-0.15, -0.1) is 0 Å². The summed E-state index contributed by atoms with van der Waals surface area (Å²) in [5.41, 5.74) is 4.09. The van der Waals surface area contributed by atoms with Gasteiger partial charge in [0.15, 0.2) is 11.6 Å². The minimum atomic E-state index is -4.21. The van der Waals surface area contributed by atoms with Crippen LogP contribution in [-0.4, -0.2) is 20.9 Å². The fourth-order valence-electron chi connectivity index (χ4n) is 3.39. The highest BCUT2D eigenvalue weighted by molar-refractivity contribution is 7.92. The summed E-state index contributed by atoms with van der Waals surface area (Å²) < 4.78 is 82.9. The number of carbonyl (C=O) groups excluding carboxylic acids is 1. The summed E-state index contributed by atoms with van der Waals surface area (Å²) in [5.74, 6) is -2.93. The van der Waals surface area contributed by atoms with Crippen LogP contribution in [0.15, 0.2) is 65.6 Å². The first-order chi connectivity index (χ1) is 16.1. The number of amides is 1. The predicted octanol–water partition coefficient (Wildman–Crippen LogP) is 3.96. The number of hydrogen-bond acceptors (Lipinski definition) is 5. The van der Waals surface area contributed by atoms with Gasteiger partial charge in [0.05, 0.1) is 17.0 Å². The van der Waals surface area contributed by atoms with Crippen molar-refractivity contribution in [2.75, 3.05) is 9.73 Å². The monoisotopic (exact) mass is 495 g/mol. The van der Waals surface area contributed by atoms with Gasteiger partial charge in [-0.25, -0.2) is 14.2 Å². The zero-order chi connectivity index (χ0) is 24.5. The summed E-state index contributed by atoms with van der Waals surface area (Å²) in [7, 11) is -4.21. The Labute approximate surface area is 192 Å². The molecular weight excluding hydrogens is 478 g/mol. The standard InChI is InChI=1S/C22H17F4N3O4S/c23-18-7-4-13(8-19(18)24)9-21(30)28-15-6-5-14-12-27-29(20(14)10-15)34(31,32)17-3-1-2-16(11-17)33-22(25)26/h1-8,10-11,22,27H,9,12H2,(H,28,30). The van der Waals surface area contributed by atoms with E-state index in [9.17, 15) is 30.8 Å². The molecule has 4 rings (SSSR count). The van der Waals surface area contributed by atoms with Crippen LogP contribution in [-0.2, 0) is 27.8 Å². The molecule has 0 saturated heterocycles. The number of anilines is 2. The summed E-state index contributed by atoms with van der Waals surface area (Å²) in [6.45, 7) is -2.94. The molecule has 3 aromatic rings. The van der Waals surface area contributed by atoms with Crippen LogP contribution in [0, 0.1) is 11.6 Å². The molecule has 2 N–H and O–H groups in total. The number of benzene rings is 3. The SMILES string of the molecule is O=C(Cc1ccc(F)c(F)c1)Nc1ccc2c(c1)N(S(=O)(=O)c1cccc(OC(F)F)c1)NC2. The molecule has 1 amide bonds. The summed E-state index contributed by atoms with van der Waals surface area (Å²) >= 11 is 0. The third-order valence-corrected chi connectivity index (χ3v) is 6.57. The molecule has 12 heteroatoms. The van der Waals surface area contributed by atoms with Crippen molar-refractivity contribution in [3.8, 4) is 5.75 Å². The number of hydrogen-bond donors (Lipinski definition) is 2. The third-order valence-electron chi connectivity index (χ3n) is 4.92. The average Bonchev–Trinajstić information content (AvgIpc) is 3.20. The van der Waals surface area contributed by atoms with Gasteiger partial charge in [0.1, 0.15) is 5.75 Å². The van der Waals surface area contributed by atoms with Crippen molar-refractivity contribution in [1.29, 1.82) is 0 Å². The first-order valence-electron chi connectivity index (χ1n) is 9.84. The van der Waals surface area contributed by atoms with Crippen LogP contribution in [0.25, 0.3) is 0 Å². The van der Waals surface area contributed by atoms with Gasteiger partial charge in [-0.1, -0.05) is 18.2 Å². The minimum Gasteiger partial charge on any atom is -0.435 e. The highest BCUT2D eigenvalue weighted by Gasteiger charge is 2.31. The van der Waals surface area contributed by atoms with Crippen molar-refractivity contribution in [3.63, 3.8) is 0 Å². The van der Waals surface area contributed by atoms with Crippen LogP contribution in [0.4, 0.5) is 28.9 Å². The molecule has 1 aliphatic rings. The number of alkyl halides is 2. The Bertz CT molecular complexity index is 1350. The number of nitrogens with one attached hydrogen (secondary N) is 2. The van der Waals surface area contributed by atoms with Crippen LogP contribution in [0.3, 0.4) is 0 Å². The smallest absolute Gasteiger partial charge is 0.387 e. The van der Waals surface area contributed by atoms with E-state index in [1.165, 1.54) is 30.3 Å². The highest BCUT2D eigenvalue weighted by atomic mass is 32.2. The molecule has 178 valence electrons. The van der Waals surface area contributed by atoms with Crippen molar-refractivity contribution in [2.24, 2.45) is 0 Å². The Kier molecular flexibility index (Phi) is 6.44. The molecule has 0 aromatic heterocycles. The molecule has 1 heterocycles. The second kappa shape index (κ2) is 9.31. The number of ether oxygens (including phenoxy) is 1. The number of carbonyl (C=O) groups is 1. The number of hydrazine groups is 1. The molecule has 1 aliphatic heterocycles. The van der Waals surface area contributed by atoms with E-state index in [2.05, 4.69) is 15.5 Å². The maximum absolute atomic E-state index is 13.4. The molecule has 7 nitrogen and oxygen atoms in total. The number of fused-ring (bicyclic) bond motifs is 1. The van der Waals surface area contributed by atoms with Crippen molar-refractivity contribution in [3.05, 3.63) is 83.4 Å². The Morgan fingerprint density at radius 3 is 2.59 bits per heavy atom. The van der Waals surface area contributed by atoms with Gasteiger partial charge >= 0.3 is 6.61 Å². The Balaban J connectivity index is 1.54. The van der Waals surface area contributed by atoms with E-state index in [1.807, 2.05) is 0 Å². The predicted molar refractivity (Wildman–Crippen MR) is 115 cm³/mol. The minimum absolute atomic E-state index is 0.171. The van der Waals surface area contributed by atoms with Crippen LogP contribution >= 0.6 is 0 Å². The van der Waals surface area contributed by atoms with Gasteiger partial charge < -0.3 is 10.1 Å². The van der Waals surface area contributed by atoms with E-state index >= 15 is 0 Å². The van der Waals surface area contributed by atoms with E-state index in [-0.39, 0.29) is 40.5 Å². The molecule has 0 bridgehead atoms. The normalized spacial score (nSPS) is 13.1. The fraction of sp³-hybridized carbons (Fsp3) is 0.136. The van der Waals surface area contributed by atoms with E-state index < -0.39 is 34.2 Å². The quantitative estimate of drug-likeness (QED) is 0.485. The van der Waals surface area contributed by atoms with Gasteiger partial charge in [0.25, 0.3) is 10.0 Å². The zero-order valence-corrected chi connectivity index (χ0v) is 18.1. The Morgan fingerprint density at radius 2 is 1.85 bits per heavy atom. The first-order valence-corrected chi connectivity index (χ1v) is 11.3. The highest BCUT2D eigenvalue weighted by Crippen LogP contribution is 2.33. The van der Waals surface area contributed by atoms with Crippen molar-refractivity contribution < 1.29 is 35.5 Å². The van der Waals surface area contributed by atoms with E-state index in [0.29, 0.717) is 5.56 Å². The lowest BCUT2D eigenvalue weighted by atomic mass is 10.1. The molecule has 0 saturated carbocycles. The van der Waals surface area contributed by atoms with Gasteiger partial charge in [-0.3, -0.25) is 4.79 Å². The van der Waals surface area contributed by atoms with Gasteiger partial charge in [0, 0.05) is 18.3 Å². The number of nitrogens with zero attached hydrogens (tertiary/aromatic N) is 1. The van der Waals surface area contributed by atoms with Crippen molar-refractivity contribution in [2.45, 2.75) is 24.5 Å². The maximum Gasteiger partial charge on any atom is 0.387 e. The summed E-state index contributed by atoms with van der Waals surface area (Å²) in [6.07, 6.45) is -0.231. The number of rotatable bonds is 7. The molecule has 0 unspecified atom stereocenters.